The van der Waals surface area contributed by atoms with Gasteiger partial charge in [0.1, 0.15) is 5.54 Å². The fourth-order valence-corrected chi connectivity index (χ4v) is 2.12. The number of alkyl halides is 3. The van der Waals surface area contributed by atoms with E-state index < -0.39 is 11.7 Å². The first-order valence-corrected chi connectivity index (χ1v) is 4.93. The van der Waals surface area contributed by atoms with Crippen LogP contribution in [-0.4, -0.2) is 12.7 Å². The topological polar surface area (TPSA) is 12.0 Å². The number of rotatable bonds is 1. The van der Waals surface area contributed by atoms with Crippen molar-refractivity contribution < 1.29 is 13.2 Å². The van der Waals surface area contributed by atoms with Crippen molar-refractivity contribution in [3.05, 3.63) is 35.9 Å². The number of halogens is 3. The van der Waals surface area contributed by atoms with Crippen LogP contribution in [0.1, 0.15) is 18.4 Å². The largest absolute Gasteiger partial charge is 0.410 e. The van der Waals surface area contributed by atoms with Gasteiger partial charge in [-0.1, -0.05) is 30.3 Å². The van der Waals surface area contributed by atoms with Crippen LogP contribution in [-0.2, 0) is 5.54 Å². The quantitative estimate of drug-likeness (QED) is 0.759. The molecule has 0 aliphatic carbocycles. The van der Waals surface area contributed by atoms with Crippen molar-refractivity contribution >= 4 is 0 Å². The molecule has 0 spiro atoms. The zero-order chi connectivity index (χ0) is 10.9. The molecule has 15 heavy (non-hydrogen) atoms. The molecule has 1 nitrogen and oxygen atoms in total. The summed E-state index contributed by atoms with van der Waals surface area (Å²) in [6.45, 7) is 0.425. The molecule has 1 aliphatic rings. The lowest BCUT2D eigenvalue weighted by Gasteiger charge is -2.32. The van der Waals surface area contributed by atoms with Gasteiger partial charge in [-0.25, -0.2) is 0 Å². The Labute approximate surface area is 86.3 Å². The Hall–Kier alpha value is -1.03. The lowest BCUT2D eigenvalue weighted by Crippen LogP contribution is -2.49. The highest BCUT2D eigenvalue weighted by Crippen LogP contribution is 2.44. The summed E-state index contributed by atoms with van der Waals surface area (Å²) in [7, 11) is 0. The third-order valence-corrected chi connectivity index (χ3v) is 2.91. The molecule has 4 heteroatoms. The van der Waals surface area contributed by atoms with Gasteiger partial charge in [-0.2, -0.15) is 13.2 Å². The minimum atomic E-state index is -4.23. The Bertz CT molecular complexity index is 325. The third kappa shape index (κ3) is 1.63. The van der Waals surface area contributed by atoms with Crippen LogP contribution in [0.5, 0.6) is 0 Å². The first-order valence-electron chi connectivity index (χ1n) is 4.93. The summed E-state index contributed by atoms with van der Waals surface area (Å²) >= 11 is 0. The number of benzene rings is 1. The first-order chi connectivity index (χ1) is 7.06. The molecule has 0 bridgehead atoms. The molecule has 0 aromatic heterocycles. The summed E-state index contributed by atoms with van der Waals surface area (Å²) in [5.74, 6) is 0. The molecule has 1 saturated heterocycles. The lowest BCUT2D eigenvalue weighted by atomic mass is 9.88. The normalized spacial score (nSPS) is 26.9. The van der Waals surface area contributed by atoms with Crippen LogP contribution in [0.2, 0.25) is 0 Å². The number of hydrogen-bond donors (Lipinski definition) is 1. The average Bonchev–Trinajstić information content (AvgIpc) is 2.68. The van der Waals surface area contributed by atoms with E-state index in [1.165, 1.54) is 12.1 Å². The molecule has 0 radical (unpaired) electrons. The van der Waals surface area contributed by atoms with E-state index in [2.05, 4.69) is 5.32 Å². The van der Waals surface area contributed by atoms with Gasteiger partial charge in [-0.15, -0.1) is 0 Å². The van der Waals surface area contributed by atoms with Gasteiger partial charge in [0.15, 0.2) is 0 Å². The maximum Gasteiger partial charge on any atom is 0.410 e. The summed E-state index contributed by atoms with van der Waals surface area (Å²) < 4.78 is 39.1. The fourth-order valence-electron chi connectivity index (χ4n) is 2.12. The maximum absolute atomic E-state index is 13.0. The standard InChI is InChI=1S/C11H12F3N/c12-11(13,14)10(7-4-8-15-10)9-5-2-1-3-6-9/h1-3,5-6,15H,4,7-8H2/t10-/m1/s1. The molecule has 82 valence electrons. The van der Waals surface area contributed by atoms with E-state index in [4.69, 9.17) is 0 Å². The highest BCUT2D eigenvalue weighted by atomic mass is 19.4. The molecule has 1 aromatic carbocycles. The predicted octanol–water partition coefficient (Wildman–Crippen LogP) is 2.83. The summed E-state index contributed by atoms with van der Waals surface area (Å²) in [5.41, 5.74) is -1.51. The average molecular weight is 215 g/mol. The molecule has 1 aliphatic heterocycles. The molecular weight excluding hydrogens is 203 g/mol. The van der Waals surface area contributed by atoms with Crippen molar-refractivity contribution in [2.45, 2.75) is 24.6 Å². The minimum Gasteiger partial charge on any atom is -0.300 e. The van der Waals surface area contributed by atoms with Gasteiger partial charge in [-0.3, -0.25) is 5.32 Å². The zero-order valence-electron chi connectivity index (χ0n) is 8.14. The van der Waals surface area contributed by atoms with Crippen molar-refractivity contribution in [1.29, 1.82) is 0 Å². The van der Waals surface area contributed by atoms with Crippen LogP contribution in [0, 0.1) is 0 Å². The van der Waals surface area contributed by atoms with Gasteiger partial charge in [0.25, 0.3) is 0 Å². The van der Waals surface area contributed by atoms with Gasteiger partial charge < -0.3 is 0 Å². The second-order valence-corrected chi connectivity index (χ2v) is 3.80. The van der Waals surface area contributed by atoms with E-state index in [1.807, 2.05) is 0 Å². The zero-order valence-corrected chi connectivity index (χ0v) is 8.14. The molecule has 1 heterocycles. The van der Waals surface area contributed by atoms with Crippen LogP contribution >= 0.6 is 0 Å². The monoisotopic (exact) mass is 215 g/mol. The van der Waals surface area contributed by atoms with Crippen LogP contribution in [0.4, 0.5) is 13.2 Å². The maximum atomic E-state index is 13.0. The van der Waals surface area contributed by atoms with Gasteiger partial charge in [-0.05, 0) is 24.9 Å². The van der Waals surface area contributed by atoms with E-state index in [9.17, 15) is 13.2 Å². The SMILES string of the molecule is FC(F)(F)[C@]1(c2ccccc2)CCCN1. The van der Waals surface area contributed by atoms with Gasteiger partial charge in [0.05, 0.1) is 0 Å². The second-order valence-electron chi connectivity index (χ2n) is 3.80. The predicted molar refractivity (Wildman–Crippen MR) is 51.4 cm³/mol. The molecule has 1 aromatic rings. The van der Waals surface area contributed by atoms with Crippen LogP contribution < -0.4 is 5.32 Å². The molecule has 0 unspecified atom stereocenters. The Kier molecular flexibility index (Phi) is 2.46. The van der Waals surface area contributed by atoms with Gasteiger partial charge >= 0.3 is 6.18 Å². The summed E-state index contributed by atoms with van der Waals surface area (Å²) in [5, 5.41) is 2.60. The number of hydrogen-bond acceptors (Lipinski definition) is 1. The Balaban J connectivity index is 2.44. The summed E-state index contributed by atoms with van der Waals surface area (Å²) in [6, 6.07) is 8.08. The van der Waals surface area contributed by atoms with E-state index in [0.29, 0.717) is 18.5 Å². The minimum absolute atomic E-state index is 0.126. The molecule has 1 atom stereocenters. The molecular formula is C11H12F3N. The number of nitrogens with one attached hydrogen (secondary N) is 1. The van der Waals surface area contributed by atoms with Crippen LogP contribution in [0.3, 0.4) is 0 Å². The Morgan fingerprint density at radius 1 is 1.13 bits per heavy atom. The molecule has 0 amide bonds. The van der Waals surface area contributed by atoms with E-state index in [0.717, 1.165) is 0 Å². The highest BCUT2D eigenvalue weighted by Gasteiger charge is 2.56. The third-order valence-electron chi connectivity index (χ3n) is 2.91. The molecule has 1 N–H and O–H groups in total. The Morgan fingerprint density at radius 3 is 2.27 bits per heavy atom. The highest BCUT2D eigenvalue weighted by molar-refractivity contribution is 5.27. The fraction of sp³-hybridized carbons (Fsp3) is 0.455. The van der Waals surface area contributed by atoms with E-state index >= 15 is 0 Å². The van der Waals surface area contributed by atoms with Gasteiger partial charge in [0.2, 0.25) is 0 Å². The van der Waals surface area contributed by atoms with Crippen LogP contribution in [0.15, 0.2) is 30.3 Å². The van der Waals surface area contributed by atoms with Crippen molar-refractivity contribution in [2.24, 2.45) is 0 Å². The van der Waals surface area contributed by atoms with Gasteiger partial charge in [0, 0.05) is 0 Å². The Morgan fingerprint density at radius 2 is 1.80 bits per heavy atom. The van der Waals surface area contributed by atoms with E-state index in [1.54, 1.807) is 18.2 Å². The molecule has 1 fully saturated rings. The smallest absolute Gasteiger partial charge is 0.300 e. The van der Waals surface area contributed by atoms with E-state index in [-0.39, 0.29) is 6.42 Å². The van der Waals surface area contributed by atoms with Crippen molar-refractivity contribution in [3.63, 3.8) is 0 Å². The molecule has 0 saturated carbocycles. The first kappa shape index (κ1) is 10.5. The van der Waals surface area contributed by atoms with Crippen molar-refractivity contribution in [2.75, 3.05) is 6.54 Å². The van der Waals surface area contributed by atoms with Crippen molar-refractivity contribution in [3.8, 4) is 0 Å². The lowest BCUT2D eigenvalue weighted by molar-refractivity contribution is -0.196. The second kappa shape index (κ2) is 3.52. The van der Waals surface area contributed by atoms with Crippen LogP contribution in [0.25, 0.3) is 0 Å². The summed E-state index contributed by atoms with van der Waals surface area (Å²) in [6.07, 6.45) is -3.54. The molecule has 2 rings (SSSR count). The van der Waals surface area contributed by atoms with Crippen molar-refractivity contribution in [1.82, 2.24) is 5.32 Å². The summed E-state index contributed by atoms with van der Waals surface area (Å²) in [4.78, 5) is 0.